The predicted octanol–water partition coefficient (Wildman–Crippen LogP) is 2.88. The first kappa shape index (κ1) is 14.5. The zero-order valence-corrected chi connectivity index (χ0v) is 12.3. The van der Waals surface area contributed by atoms with Crippen LogP contribution in [0.3, 0.4) is 0 Å². The minimum Gasteiger partial charge on any atom is -0.493 e. The molecule has 7 heteroatoms. The summed E-state index contributed by atoms with van der Waals surface area (Å²) in [7, 11) is 0. The van der Waals surface area contributed by atoms with Crippen molar-refractivity contribution in [3.63, 3.8) is 0 Å². The molecular weight excluding hydrogens is 309 g/mol. The van der Waals surface area contributed by atoms with Gasteiger partial charge in [-0.05, 0) is 24.3 Å². The molecule has 0 bridgehead atoms. The van der Waals surface area contributed by atoms with Gasteiger partial charge in [0.25, 0.3) is 0 Å². The number of carbonyl (C=O) groups excluding carboxylic acids is 1. The minimum absolute atomic E-state index is 0.0389. The van der Waals surface area contributed by atoms with Crippen molar-refractivity contribution < 1.29 is 23.4 Å². The van der Waals surface area contributed by atoms with E-state index in [1.54, 1.807) is 17.5 Å². The molecule has 0 saturated heterocycles. The van der Waals surface area contributed by atoms with Gasteiger partial charge >= 0.3 is 5.97 Å². The van der Waals surface area contributed by atoms with E-state index in [0.29, 0.717) is 18.9 Å². The Bertz CT molecular complexity index is 696. The van der Waals surface area contributed by atoms with Crippen LogP contribution in [0.1, 0.15) is 5.69 Å². The zero-order chi connectivity index (χ0) is 15.4. The average molecular weight is 321 g/mol. The largest absolute Gasteiger partial charge is 0.493 e. The number of hydrogen-bond acceptors (Lipinski definition) is 6. The van der Waals surface area contributed by atoms with Gasteiger partial charge < -0.3 is 14.2 Å². The summed E-state index contributed by atoms with van der Waals surface area (Å²) < 4.78 is 28.1. The van der Waals surface area contributed by atoms with Crippen LogP contribution in [-0.2, 0) is 25.6 Å². The smallest absolute Gasteiger partial charge is 0.377 e. The number of thiazole rings is 1. The molecule has 114 valence electrons. The van der Waals surface area contributed by atoms with Crippen LogP contribution < -0.4 is 0 Å². The summed E-state index contributed by atoms with van der Waals surface area (Å²) in [5, 5.41) is 2.53. The van der Waals surface area contributed by atoms with E-state index < -0.39 is 5.97 Å². The van der Waals surface area contributed by atoms with Crippen LogP contribution in [0.4, 0.5) is 4.39 Å². The van der Waals surface area contributed by atoms with Gasteiger partial charge in [-0.25, -0.2) is 14.2 Å². The topological polar surface area (TPSA) is 57.7 Å². The second-order valence-corrected chi connectivity index (χ2v) is 5.29. The maximum absolute atomic E-state index is 12.9. The fourth-order valence-electron chi connectivity index (χ4n) is 1.78. The van der Waals surface area contributed by atoms with Crippen molar-refractivity contribution in [2.75, 3.05) is 13.2 Å². The van der Waals surface area contributed by atoms with E-state index in [0.717, 1.165) is 10.6 Å². The molecule has 0 spiro atoms. The predicted molar refractivity (Wildman–Crippen MR) is 77.3 cm³/mol. The summed E-state index contributed by atoms with van der Waals surface area (Å²) in [6, 6.07) is 6.07. The number of nitrogens with zero attached hydrogens (tertiary/aromatic N) is 1. The van der Waals surface area contributed by atoms with E-state index in [4.69, 9.17) is 14.2 Å². The highest BCUT2D eigenvalue weighted by atomic mass is 32.1. The lowest BCUT2D eigenvalue weighted by Gasteiger charge is -2.13. The Hall–Kier alpha value is -2.41. The third kappa shape index (κ3) is 3.43. The summed E-state index contributed by atoms with van der Waals surface area (Å²) in [5.41, 5.74) is 1.44. The third-order valence-corrected chi connectivity index (χ3v) is 3.78. The number of rotatable bonds is 4. The molecule has 1 aromatic heterocycles. The average Bonchev–Trinajstić information content (AvgIpc) is 3.03. The first-order chi connectivity index (χ1) is 10.7. The zero-order valence-electron chi connectivity index (χ0n) is 11.5. The molecule has 0 unspecified atom stereocenters. The first-order valence-electron chi connectivity index (χ1n) is 6.54. The van der Waals surface area contributed by atoms with Crippen LogP contribution in [0.5, 0.6) is 0 Å². The number of benzene rings is 1. The van der Waals surface area contributed by atoms with Crippen molar-refractivity contribution in [3.8, 4) is 10.6 Å². The lowest BCUT2D eigenvalue weighted by Crippen LogP contribution is -2.17. The monoisotopic (exact) mass is 321 g/mol. The summed E-state index contributed by atoms with van der Waals surface area (Å²) >= 11 is 1.40. The van der Waals surface area contributed by atoms with Crippen molar-refractivity contribution >= 4 is 17.3 Å². The SMILES string of the molecule is O=C(OCc1csc(-c2ccc(F)cc2)n1)C1=COCCO1. The van der Waals surface area contributed by atoms with Gasteiger partial charge in [-0.2, -0.15) is 0 Å². The molecule has 0 atom stereocenters. The number of hydrogen-bond donors (Lipinski definition) is 0. The Morgan fingerprint density at radius 2 is 2.14 bits per heavy atom. The van der Waals surface area contributed by atoms with E-state index in [9.17, 15) is 9.18 Å². The number of esters is 1. The maximum Gasteiger partial charge on any atom is 0.377 e. The Morgan fingerprint density at radius 1 is 1.32 bits per heavy atom. The third-order valence-electron chi connectivity index (χ3n) is 2.84. The molecule has 1 aliphatic heterocycles. The molecule has 0 radical (unpaired) electrons. The van der Waals surface area contributed by atoms with E-state index in [2.05, 4.69) is 4.98 Å². The Labute approximate surface area is 130 Å². The standard InChI is InChI=1S/C15H12FNO4S/c16-11-3-1-10(2-4-11)14-17-12(9-22-14)7-21-15(18)13-8-19-5-6-20-13/h1-4,8-9H,5-7H2. The normalized spacial score (nSPS) is 13.8. The lowest BCUT2D eigenvalue weighted by atomic mass is 10.2. The van der Waals surface area contributed by atoms with Crippen molar-refractivity contribution in [2.24, 2.45) is 0 Å². The van der Waals surface area contributed by atoms with Gasteiger partial charge in [0.05, 0.1) is 5.69 Å². The minimum atomic E-state index is -0.587. The van der Waals surface area contributed by atoms with Crippen molar-refractivity contribution in [3.05, 3.63) is 53.2 Å². The Balaban J connectivity index is 1.61. The lowest BCUT2D eigenvalue weighted by molar-refractivity contribution is -0.146. The molecule has 0 amide bonds. The van der Waals surface area contributed by atoms with Crippen LogP contribution in [0, 0.1) is 5.82 Å². The van der Waals surface area contributed by atoms with Crippen molar-refractivity contribution in [2.45, 2.75) is 6.61 Å². The quantitative estimate of drug-likeness (QED) is 0.811. The Morgan fingerprint density at radius 3 is 2.86 bits per heavy atom. The van der Waals surface area contributed by atoms with Crippen LogP contribution in [0.15, 0.2) is 41.7 Å². The molecule has 2 heterocycles. The maximum atomic E-state index is 12.9. The fraction of sp³-hybridized carbons (Fsp3) is 0.200. The second-order valence-electron chi connectivity index (χ2n) is 4.43. The molecule has 0 N–H and O–H groups in total. The van der Waals surface area contributed by atoms with E-state index in [-0.39, 0.29) is 18.2 Å². The van der Waals surface area contributed by atoms with E-state index >= 15 is 0 Å². The van der Waals surface area contributed by atoms with Crippen LogP contribution >= 0.6 is 11.3 Å². The van der Waals surface area contributed by atoms with Gasteiger partial charge in [0.1, 0.15) is 36.9 Å². The van der Waals surface area contributed by atoms with Gasteiger partial charge in [-0.1, -0.05) is 0 Å². The van der Waals surface area contributed by atoms with Gasteiger partial charge in [0, 0.05) is 10.9 Å². The van der Waals surface area contributed by atoms with Crippen molar-refractivity contribution in [1.82, 2.24) is 4.98 Å². The van der Waals surface area contributed by atoms with Crippen LogP contribution in [0.2, 0.25) is 0 Å². The molecule has 0 fully saturated rings. The first-order valence-corrected chi connectivity index (χ1v) is 7.42. The highest BCUT2D eigenvalue weighted by Gasteiger charge is 2.17. The van der Waals surface area contributed by atoms with Gasteiger partial charge in [0.15, 0.2) is 0 Å². The van der Waals surface area contributed by atoms with Gasteiger partial charge in [0.2, 0.25) is 5.76 Å². The molecule has 1 aliphatic rings. The molecule has 3 rings (SSSR count). The number of halogens is 1. The Kier molecular flexibility index (Phi) is 4.34. The van der Waals surface area contributed by atoms with Crippen molar-refractivity contribution in [1.29, 1.82) is 0 Å². The molecule has 2 aromatic rings. The molecule has 5 nitrogen and oxygen atoms in total. The van der Waals surface area contributed by atoms with E-state index in [1.165, 1.54) is 29.7 Å². The summed E-state index contributed by atoms with van der Waals surface area (Å²) in [6.45, 7) is 0.785. The fourth-order valence-corrected chi connectivity index (χ4v) is 2.59. The molecule has 0 saturated carbocycles. The summed E-state index contributed by atoms with van der Waals surface area (Å²) in [5.74, 6) is -0.825. The highest BCUT2D eigenvalue weighted by Crippen LogP contribution is 2.24. The molecular formula is C15H12FNO4S. The highest BCUT2D eigenvalue weighted by molar-refractivity contribution is 7.13. The molecule has 22 heavy (non-hydrogen) atoms. The van der Waals surface area contributed by atoms with Gasteiger partial charge in [-0.3, -0.25) is 0 Å². The second kappa shape index (κ2) is 6.57. The van der Waals surface area contributed by atoms with Gasteiger partial charge in [-0.15, -0.1) is 11.3 Å². The number of aromatic nitrogens is 1. The summed E-state index contributed by atoms with van der Waals surface area (Å²) in [6.07, 6.45) is 1.25. The molecule has 1 aromatic carbocycles. The number of carbonyl (C=O) groups is 1. The van der Waals surface area contributed by atoms with Crippen LogP contribution in [0.25, 0.3) is 10.6 Å². The van der Waals surface area contributed by atoms with Crippen LogP contribution in [-0.4, -0.2) is 24.2 Å². The molecule has 0 aliphatic carbocycles. The number of ether oxygens (including phenoxy) is 3. The van der Waals surface area contributed by atoms with E-state index in [1.807, 2.05) is 0 Å². The summed E-state index contributed by atoms with van der Waals surface area (Å²) in [4.78, 5) is 16.1.